The second-order valence-corrected chi connectivity index (χ2v) is 8.18. The van der Waals surface area contributed by atoms with Crippen molar-refractivity contribution >= 4 is 15.7 Å². The Kier molecular flexibility index (Phi) is 4.50. The molecule has 2 rings (SSSR count). The molecule has 2 atom stereocenters. The predicted molar refractivity (Wildman–Crippen MR) is 74.4 cm³/mol. The Morgan fingerprint density at radius 3 is 2.37 bits per heavy atom. The second kappa shape index (κ2) is 5.79. The Bertz CT molecular complexity index is 425. The first-order chi connectivity index (χ1) is 8.92. The third kappa shape index (κ3) is 3.28. The van der Waals surface area contributed by atoms with Crippen molar-refractivity contribution in [2.24, 2.45) is 11.7 Å². The molecule has 0 spiro atoms. The van der Waals surface area contributed by atoms with E-state index in [-0.39, 0.29) is 17.7 Å². The maximum Gasteiger partial charge on any atom is 0.240 e. The van der Waals surface area contributed by atoms with Crippen LogP contribution in [0.1, 0.15) is 39.0 Å². The van der Waals surface area contributed by atoms with Gasteiger partial charge in [0, 0.05) is 19.1 Å². The van der Waals surface area contributed by atoms with Gasteiger partial charge in [-0.15, -0.1) is 0 Å². The van der Waals surface area contributed by atoms with E-state index in [1.807, 2.05) is 6.92 Å². The normalized spacial score (nSPS) is 30.0. The summed E-state index contributed by atoms with van der Waals surface area (Å²) < 4.78 is 23.9. The summed E-state index contributed by atoms with van der Waals surface area (Å²) in [6, 6.07) is 0.149. The number of carbonyl (C=O) groups is 1. The van der Waals surface area contributed by atoms with E-state index in [1.54, 1.807) is 4.90 Å². The van der Waals surface area contributed by atoms with Gasteiger partial charge in [0.25, 0.3) is 0 Å². The van der Waals surface area contributed by atoms with E-state index in [1.165, 1.54) is 0 Å². The van der Waals surface area contributed by atoms with Gasteiger partial charge in [-0.2, -0.15) is 0 Å². The predicted octanol–water partition coefficient (Wildman–Crippen LogP) is 0.540. The second-order valence-electron chi connectivity index (χ2n) is 5.87. The molecule has 2 saturated heterocycles. The van der Waals surface area contributed by atoms with Gasteiger partial charge in [-0.3, -0.25) is 4.79 Å². The number of hydrogen-bond donors (Lipinski definition) is 1. The number of piperidine rings is 1. The summed E-state index contributed by atoms with van der Waals surface area (Å²) in [5, 5.41) is -0.784. The van der Waals surface area contributed by atoms with Crippen LogP contribution in [0.4, 0.5) is 0 Å². The molecule has 2 N–H and O–H groups in total. The standard InChI is InChI=1S/C13H24N2O3S/c1-10(14)11-5-7-15(8-6-11)13(16)12-4-2-3-9-19(12,17)18/h10-12H,2-9,14H2,1H3. The molecule has 5 nitrogen and oxygen atoms in total. The van der Waals surface area contributed by atoms with Crippen molar-refractivity contribution in [3.8, 4) is 0 Å². The molecule has 0 aromatic rings. The third-order valence-electron chi connectivity index (χ3n) is 4.45. The molecule has 2 aliphatic rings. The fourth-order valence-corrected chi connectivity index (χ4v) is 4.95. The van der Waals surface area contributed by atoms with E-state index in [9.17, 15) is 13.2 Å². The lowest BCUT2D eigenvalue weighted by Gasteiger charge is -2.36. The molecule has 110 valence electrons. The average molecular weight is 288 g/mol. The van der Waals surface area contributed by atoms with Crippen LogP contribution in [-0.4, -0.2) is 49.4 Å². The molecule has 2 fully saturated rings. The molecule has 2 heterocycles. The first kappa shape index (κ1) is 14.8. The van der Waals surface area contributed by atoms with Gasteiger partial charge < -0.3 is 10.6 Å². The van der Waals surface area contributed by atoms with Crippen molar-refractivity contribution in [1.29, 1.82) is 0 Å². The van der Waals surface area contributed by atoms with Crippen LogP contribution < -0.4 is 5.73 Å². The fraction of sp³-hybridized carbons (Fsp3) is 0.923. The van der Waals surface area contributed by atoms with Crippen LogP contribution in [0.25, 0.3) is 0 Å². The maximum atomic E-state index is 12.4. The Balaban J connectivity index is 1.97. The highest BCUT2D eigenvalue weighted by Gasteiger charge is 2.38. The minimum absolute atomic E-state index is 0.149. The first-order valence-corrected chi connectivity index (χ1v) is 8.89. The van der Waals surface area contributed by atoms with Crippen LogP contribution in [0.2, 0.25) is 0 Å². The Morgan fingerprint density at radius 2 is 1.84 bits per heavy atom. The monoisotopic (exact) mass is 288 g/mol. The third-order valence-corrected chi connectivity index (χ3v) is 6.61. The summed E-state index contributed by atoms with van der Waals surface area (Å²) in [5.74, 6) is 0.439. The smallest absolute Gasteiger partial charge is 0.240 e. The molecule has 1 amide bonds. The van der Waals surface area contributed by atoms with Crippen LogP contribution in [0.15, 0.2) is 0 Å². The van der Waals surface area contributed by atoms with Crippen molar-refractivity contribution in [2.75, 3.05) is 18.8 Å². The highest BCUT2D eigenvalue weighted by atomic mass is 32.2. The van der Waals surface area contributed by atoms with Gasteiger partial charge in [-0.25, -0.2) is 8.42 Å². The van der Waals surface area contributed by atoms with E-state index >= 15 is 0 Å². The zero-order chi connectivity index (χ0) is 14.0. The Hall–Kier alpha value is -0.620. The highest BCUT2D eigenvalue weighted by molar-refractivity contribution is 7.92. The molecule has 6 heteroatoms. The van der Waals surface area contributed by atoms with Crippen LogP contribution in [0.5, 0.6) is 0 Å². The van der Waals surface area contributed by atoms with Crippen molar-refractivity contribution < 1.29 is 13.2 Å². The molecule has 2 unspecified atom stereocenters. The summed E-state index contributed by atoms with van der Waals surface area (Å²) in [6.07, 6.45) is 3.80. The molecule has 2 aliphatic heterocycles. The molecule has 0 aromatic carbocycles. The van der Waals surface area contributed by atoms with E-state index in [2.05, 4.69) is 0 Å². The number of amides is 1. The van der Waals surface area contributed by atoms with Crippen molar-refractivity contribution in [3.05, 3.63) is 0 Å². The van der Waals surface area contributed by atoms with Gasteiger partial charge in [0.2, 0.25) is 5.91 Å². The summed E-state index contributed by atoms with van der Waals surface area (Å²) in [4.78, 5) is 14.1. The number of hydrogen-bond acceptors (Lipinski definition) is 4. The van der Waals surface area contributed by atoms with E-state index in [4.69, 9.17) is 5.73 Å². The minimum atomic E-state index is -3.22. The highest BCUT2D eigenvalue weighted by Crippen LogP contribution is 2.25. The summed E-state index contributed by atoms with van der Waals surface area (Å²) >= 11 is 0. The number of carbonyl (C=O) groups excluding carboxylic acids is 1. The lowest BCUT2D eigenvalue weighted by atomic mass is 9.91. The number of nitrogens with two attached hydrogens (primary N) is 1. The topological polar surface area (TPSA) is 80.5 Å². The van der Waals surface area contributed by atoms with Gasteiger partial charge >= 0.3 is 0 Å². The lowest BCUT2D eigenvalue weighted by Crippen LogP contribution is -2.49. The molecule has 0 saturated carbocycles. The fourth-order valence-electron chi connectivity index (χ4n) is 3.08. The van der Waals surface area contributed by atoms with E-state index in [0.717, 1.165) is 19.3 Å². The van der Waals surface area contributed by atoms with Crippen molar-refractivity contribution in [2.45, 2.75) is 50.3 Å². The van der Waals surface area contributed by atoms with Gasteiger partial charge in [-0.05, 0) is 38.5 Å². The Labute approximate surface area is 115 Å². The molecule has 0 aliphatic carbocycles. The molecule has 19 heavy (non-hydrogen) atoms. The zero-order valence-corrected chi connectivity index (χ0v) is 12.4. The van der Waals surface area contributed by atoms with Crippen LogP contribution in [0.3, 0.4) is 0 Å². The van der Waals surface area contributed by atoms with E-state index < -0.39 is 15.1 Å². The zero-order valence-electron chi connectivity index (χ0n) is 11.5. The van der Waals surface area contributed by atoms with Gasteiger partial charge in [0.15, 0.2) is 9.84 Å². The lowest BCUT2D eigenvalue weighted by molar-refractivity contribution is -0.132. The van der Waals surface area contributed by atoms with Crippen LogP contribution in [-0.2, 0) is 14.6 Å². The molecule has 0 aromatic heterocycles. The van der Waals surface area contributed by atoms with Crippen LogP contribution >= 0.6 is 0 Å². The summed E-state index contributed by atoms with van der Waals surface area (Å²) in [5.41, 5.74) is 5.88. The average Bonchev–Trinajstić information content (AvgIpc) is 2.37. The first-order valence-electron chi connectivity index (χ1n) is 7.18. The minimum Gasteiger partial charge on any atom is -0.342 e. The van der Waals surface area contributed by atoms with Crippen molar-refractivity contribution in [1.82, 2.24) is 4.90 Å². The summed E-state index contributed by atoms with van der Waals surface area (Å²) in [6.45, 7) is 3.29. The number of rotatable bonds is 2. The summed E-state index contributed by atoms with van der Waals surface area (Å²) in [7, 11) is -3.22. The van der Waals surface area contributed by atoms with Crippen LogP contribution in [0, 0.1) is 5.92 Å². The largest absolute Gasteiger partial charge is 0.342 e. The molecule has 0 radical (unpaired) electrons. The Morgan fingerprint density at radius 1 is 1.21 bits per heavy atom. The van der Waals surface area contributed by atoms with Gasteiger partial charge in [0.1, 0.15) is 5.25 Å². The van der Waals surface area contributed by atoms with Gasteiger partial charge in [-0.1, -0.05) is 6.42 Å². The molecular formula is C13H24N2O3S. The SMILES string of the molecule is CC(N)C1CCN(C(=O)C2CCCCS2(=O)=O)CC1. The molecular weight excluding hydrogens is 264 g/mol. The number of nitrogens with zero attached hydrogens (tertiary/aromatic N) is 1. The van der Waals surface area contributed by atoms with Crippen molar-refractivity contribution in [3.63, 3.8) is 0 Å². The van der Waals surface area contributed by atoms with E-state index in [0.29, 0.717) is 31.8 Å². The maximum absolute atomic E-state index is 12.4. The van der Waals surface area contributed by atoms with Gasteiger partial charge in [0.05, 0.1) is 5.75 Å². The quantitative estimate of drug-likeness (QED) is 0.804. The molecule has 0 bridgehead atoms. The number of sulfone groups is 1. The number of likely N-dealkylation sites (tertiary alicyclic amines) is 1.